The summed E-state index contributed by atoms with van der Waals surface area (Å²) >= 11 is 1.50. The maximum Gasteiger partial charge on any atom is 0.270 e. The molecule has 1 saturated carbocycles. The molecule has 4 nitrogen and oxygen atoms in total. The van der Waals surface area contributed by atoms with Gasteiger partial charge in [-0.15, -0.1) is 11.8 Å². The molecule has 2 amide bonds. The number of thioether (sulfide) groups is 1. The van der Waals surface area contributed by atoms with E-state index in [1.54, 1.807) is 12.1 Å². The number of hydrazine groups is 1. The van der Waals surface area contributed by atoms with Crippen molar-refractivity contribution in [1.82, 2.24) is 10.9 Å². The summed E-state index contributed by atoms with van der Waals surface area (Å²) in [5.41, 5.74) is 5.47. The zero-order valence-electron chi connectivity index (χ0n) is 9.53. The standard InChI is InChI=1S/C12H14N2O2S/c1-17-10-5-3-2-4-9(10)12(16)14-13-11(15)8-6-7-8/h2-5,8H,6-7H2,1H3,(H,13,15)(H,14,16). The normalized spacial score (nSPS) is 14.2. The van der Waals surface area contributed by atoms with E-state index < -0.39 is 0 Å². The number of nitrogens with one attached hydrogen (secondary N) is 2. The van der Waals surface area contributed by atoms with Crippen LogP contribution in [0.2, 0.25) is 0 Å². The van der Waals surface area contributed by atoms with Gasteiger partial charge in [-0.3, -0.25) is 20.4 Å². The van der Waals surface area contributed by atoms with Gasteiger partial charge >= 0.3 is 0 Å². The van der Waals surface area contributed by atoms with E-state index in [1.807, 2.05) is 18.4 Å². The van der Waals surface area contributed by atoms with Crippen LogP contribution in [-0.2, 0) is 4.79 Å². The molecule has 0 radical (unpaired) electrons. The SMILES string of the molecule is CSc1ccccc1C(=O)NNC(=O)C1CC1. The van der Waals surface area contributed by atoms with Gasteiger partial charge in [0, 0.05) is 10.8 Å². The Morgan fingerprint density at radius 3 is 2.59 bits per heavy atom. The maximum atomic E-state index is 11.8. The Balaban J connectivity index is 1.96. The number of hydrogen-bond acceptors (Lipinski definition) is 3. The highest BCUT2D eigenvalue weighted by atomic mass is 32.2. The van der Waals surface area contributed by atoms with Crippen LogP contribution in [0.25, 0.3) is 0 Å². The molecule has 5 heteroatoms. The number of carbonyl (C=O) groups is 2. The zero-order chi connectivity index (χ0) is 12.3. The number of hydrogen-bond donors (Lipinski definition) is 2. The van der Waals surface area contributed by atoms with Gasteiger partial charge < -0.3 is 0 Å². The van der Waals surface area contributed by atoms with E-state index in [2.05, 4.69) is 10.9 Å². The molecule has 0 aromatic heterocycles. The first-order chi connectivity index (χ1) is 8.22. The van der Waals surface area contributed by atoms with Crippen LogP contribution in [-0.4, -0.2) is 18.1 Å². The van der Waals surface area contributed by atoms with Crippen LogP contribution >= 0.6 is 11.8 Å². The highest BCUT2D eigenvalue weighted by Gasteiger charge is 2.29. The molecule has 2 N–H and O–H groups in total. The second-order valence-electron chi connectivity index (χ2n) is 3.92. The molecule has 1 aromatic carbocycles. The largest absolute Gasteiger partial charge is 0.273 e. The van der Waals surface area contributed by atoms with Gasteiger partial charge in [0.15, 0.2) is 0 Å². The Morgan fingerprint density at radius 1 is 1.24 bits per heavy atom. The molecule has 90 valence electrons. The molecule has 1 aromatic rings. The summed E-state index contributed by atoms with van der Waals surface area (Å²) in [4.78, 5) is 24.1. The van der Waals surface area contributed by atoms with Gasteiger partial charge in [0.1, 0.15) is 0 Å². The van der Waals surface area contributed by atoms with Gasteiger partial charge in [0.25, 0.3) is 5.91 Å². The van der Waals surface area contributed by atoms with Crippen LogP contribution < -0.4 is 10.9 Å². The maximum absolute atomic E-state index is 11.8. The Bertz CT molecular complexity index is 444. The van der Waals surface area contributed by atoms with Gasteiger partial charge in [0.2, 0.25) is 5.91 Å². The lowest BCUT2D eigenvalue weighted by molar-refractivity contribution is -0.123. The summed E-state index contributed by atoms with van der Waals surface area (Å²) in [6.07, 6.45) is 3.75. The fourth-order valence-corrected chi connectivity index (χ4v) is 2.06. The van der Waals surface area contributed by atoms with Crippen molar-refractivity contribution in [1.29, 1.82) is 0 Å². The van der Waals surface area contributed by atoms with Crippen LogP contribution in [0.15, 0.2) is 29.2 Å². The molecule has 1 aliphatic carbocycles. The molecule has 0 unspecified atom stereocenters. The number of rotatable bonds is 3. The molecule has 0 bridgehead atoms. The number of carbonyl (C=O) groups excluding carboxylic acids is 2. The van der Waals surface area contributed by atoms with E-state index in [0.29, 0.717) is 5.56 Å². The summed E-state index contributed by atoms with van der Waals surface area (Å²) < 4.78 is 0. The fraction of sp³-hybridized carbons (Fsp3) is 0.333. The van der Waals surface area contributed by atoms with Crippen LogP contribution in [0, 0.1) is 5.92 Å². The summed E-state index contributed by atoms with van der Waals surface area (Å²) in [7, 11) is 0. The predicted octanol–water partition coefficient (Wildman–Crippen LogP) is 1.58. The molecular weight excluding hydrogens is 236 g/mol. The first kappa shape index (κ1) is 12.0. The van der Waals surface area contributed by atoms with E-state index >= 15 is 0 Å². The van der Waals surface area contributed by atoms with Crippen LogP contribution in [0.5, 0.6) is 0 Å². The second kappa shape index (κ2) is 5.23. The summed E-state index contributed by atoms with van der Waals surface area (Å²) in [6, 6.07) is 7.30. The van der Waals surface area contributed by atoms with Crippen molar-refractivity contribution in [2.24, 2.45) is 5.92 Å². The highest BCUT2D eigenvalue weighted by molar-refractivity contribution is 7.98. The Hall–Kier alpha value is -1.49. The molecule has 1 aliphatic rings. The highest BCUT2D eigenvalue weighted by Crippen LogP contribution is 2.28. The molecule has 1 fully saturated rings. The van der Waals surface area contributed by atoms with Crippen molar-refractivity contribution in [3.63, 3.8) is 0 Å². The molecule has 0 heterocycles. The molecule has 17 heavy (non-hydrogen) atoms. The van der Waals surface area contributed by atoms with Crippen LogP contribution in [0.3, 0.4) is 0 Å². The molecule has 0 aliphatic heterocycles. The fourth-order valence-electron chi connectivity index (χ4n) is 1.47. The third-order valence-electron chi connectivity index (χ3n) is 2.60. The van der Waals surface area contributed by atoms with E-state index in [0.717, 1.165) is 17.7 Å². The zero-order valence-corrected chi connectivity index (χ0v) is 10.3. The third kappa shape index (κ3) is 3.00. The Kier molecular flexibility index (Phi) is 3.68. The summed E-state index contributed by atoms with van der Waals surface area (Å²) in [5, 5.41) is 0. The monoisotopic (exact) mass is 250 g/mol. The van der Waals surface area contributed by atoms with Gasteiger partial charge in [-0.2, -0.15) is 0 Å². The van der Waals surface area contributed by atoms with Crippen molar-refractivity contribution in [3.05, 3.63) is 29.8 Å². The molecule has 2 rings (SSSR count). The van der Waals surface area contributed by atoms with E-state index in [-0.39, 0.29) is 17.7 Å². The molecule has 0 spiro atoms. The quantitative estimate of drug-likeness (QED) is 0.632. The molecule has 0 atom stereocenters. The van der Waals surface area contributed by atoms with Gasteiger partial charge in [0.05, 0.1) is 5.56 Å². The predicted molar refractivity (Wildman–Crippen MR) is 66.6 cm³/mol. The van der Waals surface area contributed by atoms with Crippen LogP contribution in [0.4, 0.5) is 0 Å². The number of benzene rings is 1. The average molecular weight is 250 g/mol. The molecular formula is C12H14N2O2S. The van der Waals surface area contributed by atoms with E-state index in [9.17, 15) is 9.59 Å². The van der Waals surface area contributed by atoms with Crippen molar-refractivity contribution < 1.29 is 9.59 Å². The third-order valence-corrected chi connectivity index (χ3v) is 3.39. The lowest BCUT2D eigenvalue weighted by Crippen LogP contribution is -2.42. The minimum absolute atomic E-state index is 0.0890. The molecule has 0 saturated heterocycles. The second-order valence-corrected chi connectivity index (χ2v) is 4.77. The Morgan fingerprint density at radius 2 is 1.94 bits per heavy atom. The lowest BCUT2D eigenvalue weighted by atomic mass is 10.2. The Labute approximate surface area is 104 Å². The van der Waals surface area contributed by atoms with Gasteiger partial charge in [-0.05, 0) is 31.2 Å². The van der Waals surface area contributed by atoms with Gasteiger partial charge in [-0.25, -0.2) is 0 Å². The van der Waals surface area contributed by atoms with Gasteiger partial charge in [-0.1, -0.05) is 12.1 Å². The minimum Gasteiger partial charge on any atom is -0.273 e. The van der Waals surface area contributed by atoms with Crippen molar-refractivity contribution in [2.75, 3.05) is 6.26 Å². The van der Waals surface area contributed by atoms with E-state index in [4.69, 9.17) is 0 Å². The lowest BCUT2D eigenvalue weighted by Gasteiger charge is -2.09. The van der Waals surface area contributed by atoms with Crippen molar-refractivity contribution >= 4 is 23.6 Å². The van der Waals surface area contributed by atoms with Crippen LogP contribution in [0.1, 0.15) is 23.2 Å². The van der Waals surface area contributed by atoms with Crippen molar-refractivity contribution in [2.45, 2.75) is 17.7 Å². The summed E-state index contributed by atoms with van der Waals surface area (Å²) in [6.45, 7) is 0. The van der Waals surface area contributed by atoms with E-state index in [1.165, 1.54) is 11.8 Å². The topological polar surface area (TPSA) is 58.2 Å². The van der Waals surface area contributed by atoms with Crippen molar-refractivity contribution in [3.8, 4) is 0 Å². The smallest absolute Gasteiger partial charge is 0.270 e. The summed E-state index contributed by atoms with van der Waals surface area (Å²) in [5.74, 6) is -0.282. The minimum atomic E-state index is -0.274. The number of amides is 2. The first-order valence-corrected chi connectivity index (χ1v) is 6.68. The first-order valence-electron chi connectivity index (χ1n) is 5.45. The average Bonchev–Trinajstić information content (AvgIpc) is 3.19.